The summed E-state index contributed by atoms with van der Waals surface area (Å²) in [6.45, 7) is 11.9. The van der Waals surface area contributed by atoms with Gasteiger partial charge in [0.2, 0.25) is 14.7 Å². The number of carbonyl (C=O) groups excluding carboxylic acids is 1. The molecule has 1 aromatic rings. The number of hydrogen-bond donors (Lipinski definition) is 1. The van der Waals surface area contributed by atoms with Crippen LogP contribution in [0.4, 0.5) is 0 Å². The molecule has 3 nitrogen and oxygen atoms in total. The first-order chi connectivity index (χ1) is 8.76. The Labute approximate surface area is 117 Å². The third-order valence-corrected chi connectivity index (χ3v) is 8.10. The molecule has 1 rings (SSSR count). The van der Waals surface area contributed by atoms with E-state index in [9.17, 15) is 4.79 Å². The molecule has 0 saturated carbocycles. The van der Waals surface area contributed by atoms with Gasteiger partial charge in [0.15, 0.2) is 0 Å². The maximum absolute atomic E-state index is 10.2. The highest BCUT2D eigenvalue weighted by Crippen LogP contribution is 2.37. The Balaban J connectivity index is 2.64. The molecule has 19 heavy (non-hydrogen) atoms. The van der Waals surface area contributed by atoms with Crippen LogP contribution >= 0.6 is 0 Å². The highest BCUT2D eigenvalue weighted by atomic mass is 28.4. The lowest BCUT2D eigenvalue weighted by atomic mass is 10.1. The van der Waals surface area contributed by atoms with Crippen molar-refractivity contribution in [2.24, 2.45) is 0 Å². The normalized spacial score (nSPS) is 12.1. The highest BCUT2D eigenvalue weighted by molar-refractivity contribution is 6.74. The summed E-state index contributed by atoms with van der Waals surface area (Å²) in [6, 6.07) is 8.18. The highest BCUT2D eigenvalue weighted by Gasteiger charge is 2.38. The molecule has 0 aliphatic carbocycles. The van der Waals surface area contributed by atoms with Crippen LogP contribution < -0.4 is 9.74 Å². The minimum atomic E-state index is -1.75. The molecule has 0 heterocycles. The van der Waals surface area contributed by atoms with Crippen LogP contribution in [0.25, 0.3) is 0 Å². The Morgan fingerprint density at radius 3 is 2.26 bits per heavy atom. The molecule has 0 bridgehead atoms. The van der Waals surface area contributed by atoms with Gasteiger partial charge in [0, 0.05) is 6.54 Å². The third kappa shape index (κ3) is 4.71. The molecule has 106 valence electrons. The first kappa shape index (κ1) is 15.8. The number of benzene rings is 1. The van der Waals surface area contributed by atoms with Crippen LogP contribution in [-0.2, 0) is 11.2 Å². The summed E-state index contributed by atoms with van der Waals surface area (Å²) in [4.78, 5) is 10.2. The Hall–Kier alpha value is -1.29. The number of carbonyl (C=O) groups is 1. The maximum atomic E-state index is 10.2. The molecule has 0 aliphatic rings. The van der Waals surface area contributed by atoms with Crippen LogP contribution in [0, 0.1) is 0 Å². The summed E-state index contributed by atoms with van der Waals surface area (Å²) in [5, 5.41) is 2.87. The summed E-state index contributed by atoms with van der Waals surface area (Å²) < 4.78 is 6.21. The Bertz CT molecular complexity index is 407. The first-order valence-corrected chi connectivity index (χ1v) is 9.62. The molecule has 0 atom stereocenters. The van der Waals surface area contributed by atoms with E-state index in [2.05, 4.69) is 51.3 Å². The van der Waals surface area contributed by atoms with Gasteiger partial charge in [0.05, 0.1) is 0 Å². The largest absolute Gasteiger partial charge is 0.544 e. The van der Waals surface area contributed by atoms with Crippen molar-refractivity contribution in [3.63, 3.8) is 0 Å². The van der Waals surface area contributed by atoms with E-state index in [0.29, 0.717) is 6.54 Å². The summed E-state index contributed by atoms with van der Waals surface area (Å²) in [7, 11) is -1.75. The van der Waals surface area contributed by atoms with E-state index >= 15 is 0 Å². The molecule has 0 fully saturated rings. The molecular formula is C15H25NO2Si. The average Bonchev–Trinajstić information content (AvgIpc) is 2.30. The predicted molar refractivity (Wildman–Crippen MR) is 82.0 cm³/mol. The molecule has 0 aromatic heterocycles. The lowest BCUT2D eigenvalue weighted by Gasteiger charge is -2.36. The van der Waals surface area contributed by atoms with Gasteiger partial charge in [-0.1, -0.05) is 32.9 Å². The molecule has 1 aromatic carbocycles. The number of rotatable bonds is 6. The minimum Gasteiger partial charge on any atom is -0.544 e. The monoisotopic (exact) mass is 279 g/mol. The maximum Gasteiger partial charge on any atom is 0.250 e. The van der Waals surface area contributed by atoms with Crippen LogP contribution in [-0.4, -0.2) is 21.3 Å². The predicted octanol–water partition coefficient (Wildman–Crippen LogP) is 3.36. The molecule has 0 aliphatic heterocycles. The van der Waals surface area contributed by atoms with Crippen molar-refractivity contribution in [3.8, 4) is 5.75 Å². The van der Waals surface area contributed by atoms with Gasteiger partial charge in [-0.2, -0.15) is 0 Å². The van der Waals surface area contributed by atoms with Crippen LogP contribution in [0.2, 0.25) is 18.1 Å². The van der Waals surface area contributed by atoms with Gasteiger partial charge >= 0.3 is 0 Å². The molecular weight excluding hydrogens is 254 g/mol. The quantitative estimate of drug-likeness (QED) is 0.492. The SMILES string of the molecule is CC(C)(C)[Si](C)(C)Oc1ccc(CCNC=O)cc1. The molecule has 0 unspecified atom stereocenters. The van der Waals surface area contributed by atoms with Crippen molar-refractivity contribution in [2.45, 2.75) is 45.3 Å². The third-order valence-electron chi connectivity index (χ3n) is 3.74. The second kappa shape index (κ2) is 6.24. The fourth-order valence-electron chi connectivity index (χ4n) is 1.45. The van der Waals surface area contributed by atoms with E-state index in [0.717, 1.165) is 18.6 Å². The summed E-state index contributed by atoms with van der Waals surface area (Å²) in [6.07, 6.45) is 1.58. The van der Waals surface area contributed by atoms with Crippen LogP contribution in [0.15, 0.2) is 24.3 Å². The van der Waals surface area contributed by atoms with Gasteiger partial charge in [-0.3, -0.25) is 4.79 Å². The fraction of sp³-hybridized carbons (Fsp3) is 0.533. The van der Waals surface area contributed by atoms with Gasteiger partial charge in [0.25, 0.3) is 0 Å². The summed E-state index contributed by atoms with van der Waals surface area (Å²) in [5.41, 5.74) is 1.21. The van der Waals surface area contributed by atoms with Gasteiger partial charge in [-0.25, -0.2) is 0 Å². The topological polar surface area (TPSA) is 38.3 Å². The second-order valence-electron chi connectivity index (χ2n) is 6.33. The molecule has 1 N–H and O–H groups in total. The number of amides is 1. The molecule has 0 radical (unpaired) electrons. The van der Waals surface area contributed by atoms with E-state index in [-0.39, 0.29) is 5.04 Å². The van der Waals surface area contributed by atoms with Gasteiger partial charge < -0.3 is 9.74 Å². The van der Waals surface area contributed by atoms with Crippen molar-refractivity contribution in [1.29, 1.82) is 0 Å². The average molecular weight is 279 g/mol. The van der Waals surface area contributed by atoms with E-state index in [4.69, 9.17) is 4.43 Å². The van der Waals surface area contributed by atoms with Crippen molar-refractivity contribution < 1.29 is 9.22 Å². The zero-order valence-electron chi connectivity index (χ0n) is 12.6. The van der Waals surface area contributed by atoms with E-state index in [1.54, 1.807) is 0 Å². The van der Waals surface area contributed by atoms with Crippen LogP contribution in [0.1, 0.15) is 26.3 Å². The van der Waals surface area contributed by atoms with E-state index < -0.39 is 8.32 Å². The molecule has 0 saturated heterocycles. The number of hydrogen-bond acceptors (Lipinski definition) is 2. The van der Waals surface area contributed by atoms with E-state index in [1.165, 1.54) is 5.56 Å². The van der Waals surface area contributed by atoms with Crippen LogP contribution in [0.5, 0.6) is 5.75 Å². The summed E-state index contributed by atoms with van der Waals surface area (Å²) >= 11 is 0. The molecule has 4 heteroatoms. The lowest BCUT2D eigenvalue weighted by molar-refractivity contribution is -0.109. The summed E-state index contributed by atoms with van der Waals surface area (Å²) in [5.74, 6) is 0.943. The van der Waals surface area contributed by atoms with Crippen molar-refractivity contribution in [1.82, 2.24) is 5.32 Å². The lowest BCUT2D eigenvalue weighted by Crippen LogP contribution is -2.43. The van der Waals surface area contributed by atoms with Gasteiger partial charge in [-0.15, -0.1) is 0 Å². The van der Waals surface area contributed by atoms with E-state index in [1.807, 2.05) is 12.1 Å². The van der Waals surface area contributed by atoms with Crippen molar-refractivity contribution >= 4 is 14.7 Å². The molecule has 1 amide bonds. The van der Waals surface area contributed by atoms with Gasteiger partial charge in [-0.05, 0) is 42.2 Å². The Morgan fingerprint density at radius 2 is 1.79 bits per heavy atom. The Kier molecular flexibility index (Phi) is 5.17. The number of nitrogens with one attached hydrogen (secondary N) is 1. The van der Waals surface area contributed by atoms with Crippen LogP contribution in [0.3, 0.4) is 0 Å². The minimum absolute atomic E-state index is 0.208. The smallest absolute Gasteiger partial charge is 0.250 e. The fourth-order valence-corrected chi connectivity index (χ4v) is 2.48. The van der Waals surface area contributed by atoms with Crippen molar-refractivity contribution in [2.75, 3.05) is 6.54 Å². The second-order valence-corrected chi connectivity index (χ2v) is 11.1. The standard InChI is InChI=1S/C15H25NO2Si/c1-15(2,3)19(4,5)18-14-8-6-13(7-9-14)10-11-16-12-17/h6-9,12H,10-11H2,1-5H3,(H,16,17). The first-order valence-electron chi connectivity index (χ1n) is 6.71. The van der Waals surface area contributed by atoms with Crippen molar-refractivity contribution in [3.05, 3.63) is 29.8 Å². The Morgan fingerprint density at radius 1 is 1.21 bits per heavy atom. The zero-order chi connectivity index (χ0) is 14.5. The molecule has 0 spiro atoms. The van der Waals surface area contributed by atoms with Gasteiger partial charge in [0.1, 0.15) is 5.75 Å². The zero-order valence-corrected chi connectivity index (χ0v) is 13.6.